The zero-order valence-corrected chi connectivity index (χ0v) is 6.87. The Morgan fingerprint density at radius 1 is 1.25 bits per heavy atom. The third-order valence-corrected chi connectivity index (χ3v) is 1.47. The molecule has 0 heterocycles. The molecule has 0 amide bonds. The first kappa shape index (κ1) is 9.04. The normalized spacial score (nSPS) is 9.75. The second-order valence-electron chi connectivity index (χ2n) is 2.46. The Labute approximate surface area is 72.2 Å². The van der Waals surface area contributed by atoms with Gasteiger partial charge in [-0.2, -0.15) is 0 Å². The first-order valence-corrected chi connectivity index (χ1v) is 4.03. The van der Waals surface area contributed by atoms with Crippen LogP contribution in [-0.2, 0) is 0 Å². The molecule has 0 spiro atoms. The lowest BCUT2D eigenvalue weighted by Gasteiger charge is -2.03. The van der Waals surface area contributed by atoms with E-state index in [9.17, 15) is 4.39 Å². The second kappa shape index (κ2) is 5.58. The van der Waals surface area contributed by atoms with Crippen LogP contribution >= 0.6 is 0 Å². The van der Waals surface area contributed by atoms with Crippen LogP contribution in [0.2, 0.25) is 0 Å². The van der Waals surface area contributed by atoms with Gasteiger partial charge in [0, 0.05) is 0 Å². The Bertz CT molecular complexity index is 198. The van der Waals surface area contributed by atoms with Gasteiger partial charge >= 0.3 is 0 Å². The molecule has 1 rings (SSSR count). The van der Waals surface area contributed by atoms with Crippen molar-refractivity contribution in [2.75, 3.05) is 6.61 Å². The lowest BCUT2D eigenvalue weighted by atomic mass is 10.3. The smallest absolute Gasteiger partial charge is 0.131 e. The van der Waals surface area contributed by atoms with Gasteiger partial charge in [0.1, 0.15) is 12.4 Å². The molecule has 1 radical (unpaired) electrons. The summed E-state index contributed by atoms with van der Waals surface area (Å²) in [6.45, 7) is 1.23. The van der Waals surface area contributed by atoms with Crippen molar-refractivity contribution in [2.24, 2.45) is 0 Å². The highest BCUT2D eigenvalue weighted by Crippen LogP contribution is 2.08. The van der Waals surface area contributed by atoms with E-state index in [4.69, 9.17) is 4.74 Å². The molecule has 0 saturated heterocycles. The van der Waals surface area contributed by atoms with Crippen LogP contribution in [0.5, 0.6) is 5.75 Å². The lowest BCUT2D eigenvalue weighted by molar-refractivity contribution is 0.306. The van der Waals surface area contributed by atoms with Crippen molar-refractivity contribution in [1.29, 1.82) is 0 Å². The van der Waals surface area contributed by atoms with Gasteiger partial charge in [-0.1, -0.05) is 18.2 Å². The van der Waals surface area contributed by atoms with Crippen molar-refractivity contribution in [3.05, 3.63) is 37.0 Å². The van der Waals surface area contributed by atoms with E-state index in [0.717, 1.165) is 12.2 Å². The third kappa shape index (κ3) is 3.37. The van der Waals surface area contributed by atoms with Gasteiger partial charge < -0.3 is 4.74 Å². The molecule has 0 aromatic heterocycles. The van der Waals surface area contributed by atoms with E-state index in [2.05, 4.69) is 0 Å². The Balaban J connectivity index is 2.16. The van der Waals surface area contributed by atoms with Crippen LogP contribution in [0.4, 0.5) is 4.39 Å². The molecule has 65 valence electrons. The number of ether oxygens (including phenoxy) is 1. The number of hydrogen-bond donors (Lipinski definition) is 0. The SMILES string of the molecule is F[CH]CCCOc1ccccc1. The van der Waals surface area contributed by atoms with Crippen LogP contribution in [0.15, 0.2) is 30.3 Å². The molecule has 0 aliphatic heterocycles. The van der Waals surface area contributed by atoms with Gasteiger partial charge in [0.05, 0.1) is 6.61 Å². The van der Waals surface area contributed by atoms with Crippen LogP contribution in [0.3, 0.4) is 0 Å². The quantitative estimate of drug-likeness (QED) is 0.612. The molecule has 0 bridgehead atoms. The summed E-state index contributed by atoms with van der Waals surface area (Å²) in [6.07, 6.45) is 1.19. The van der Waals surface area contributed by atoms with E-state index in [1.54, 1.807) is 0 Å². The number of halogens is 1. The number of hydrogen-bond acceptors (Lipinski definition) is 1. The molecular weight excluding hydrogens is 155 g/mol. The van der Waals surface area contributed by atoms with Crippen molar-refractivity contribution in [3.63, 3.8) is 0 Å². The number of para-hydroxylation sites is 1. The van der Waals surface area contributed by atoms with Gasteiger partial charge in [0.25, 0.3) is 0 Å². The minimum Gasteiger partial charge on any atom is -0.494 e. The van der Waals surface area contributed by atoms with Crippen LogP contribution in [0.25, 0.3) is 0 Å². The predicted molar refractivity (Wildman–Crippen MR) is 46.6 cm³/mol. The molecule has 0 aliphatic carbocycles. The third-order valence-electron chi connectivity index (χ3n) is 1.47. The van der Waals surface area contributed by atoms with Gasteiger partial charge in [-0.3, -0.25) is 0 Å². The fourth-order valence-electron chi connectivity index (χ4n) is 0.867. The summed E-state index contributed by atoms with van der Waals surface area (Å²) < 4.78 is 16.9. The number of unbranched alkanes of at least 4 members (excludes halogenated alkanes) is 1. The molecule has 0 fully saturated rings. The standard InChI is InChI=1S/C10H12FO/c11-8-4-5-9-12-10-6-2-1-3-7-10/h1-3,6-8H,4-5,9H2. The summed E-state index contributed by atoms with van der Waals surface area (Å²) in [5, 5.41) is 0. The highest BCUT2D eigenvalue weighted by atomic mass is 19.1. The molecular formula is C10H12FO. The first-order chi connectivity index (χ1) is 5.93. The van der Waals surface area contributed by atoms with Gasteiger partial charge in [-0.25, -0.2) is 4.39 Å². The second-order valence-corrected chi connectivity index (χ2v) is 2.46. The van der Waals surface area contributed by atoms with Crippen molar-refractivity contribution >= 4 is 0 Å². The highest BCUT2D eigenvalue weighted by molar-refractivity contribution is 5.20. The molecule has 1 aromatic rings. The van der Waals surface area contributed by atoms with Crippen LogP contribution in [0, 0.1) is 6.67 Å². The molecule has 1 aromatic carbocycles. The van der Waals surface area contributed by atoms with E-state index in [1.165, 1.54) is 0 Å². The maximum atomic E-state index is 11.5. The average molecular weight is 167 g/mol. The van der Waals surface area contributed by atoms with Crippen molar-refractivity contribution in [2.45, 2.75) is 12.8 Å². The van der Waals surface area contributed by atoms with Gasteiger partial charge in [0.15, 0.2) is 0 Å². The lowest BCUT2D eigenvalue weighted by Crippen LogP contribution is -1.96. The van der Waals surface area contributed by atoms with Crippen LogP contribution < -0.4 is 4.74 Å². The number of rotatable bonds is 5. The summed E-state index contributed by atoms with van der Waals surface area (Å²) in [6, 6.07) is 9.54. The zero-order chi connectivity index (χ0) is 8.65. The molecule has 0 unspecified atom stereocenters. The topological polar surface area (TPSA) is 9.23 Å². The van der Waals surface area contributed by atoms with E-state index in [0.29, 0.717) is 19.7 Å². The Kier molecular flexibility index (Phi) is 4.21. The zero-order valence-electron chi connectivity index (χ0n) is 6.87. The maximum absolute atomic E-state index is 11.5. The molecule has 12 heavy (non-hydrogen) atoms. The molecule has 1 nitrogen and oxygen atoms in total. The number of benzene rings is 1. The van der Waals surface area contributed by atoms with Crippen molar-refractivity contribution in [3.8, 4) is 5.75 Å². The van der Waals surface area contributed by atoms with Gasteiger partial charge in [-0.05, 0) is 25.0 Å². The van der Waals surface area contributed by atoms with Crippen LogP contribution in [-0.4, -0.2) is 6.61 Å². The Morgan fingerprint density at radius 3 is 2.67 bits per heavy atom. The Hall–Kier alpha value is -1.05. The summed E-state index contributed by atoms with van der Waals surface area (Å²) in [5.74, 6) is 0.844. The molecule has 0 atom stereocenters. The fraction of sp³-hybridized carbons (Fsp3) is 0.300. The minimum absolute atomic E-state index is 0.465. The van der Waals surface area contributed by atoms with E-state index in [1.807, 2.05) is 30.3 Å². The van der Waals surface area contributed by atoms with E-state index < -0.39 is 0 Å². The van der Waals surface area contributed by atoms with Crippen molar-refractivity contribution in [1.82, 2.24) is 0 Å². The monoisotopic (exact) mass is 167 g/mol. The van der Waals surface area contributed by atoms with E-state index >= 15 is 0 Å². The predicted octanol–water partition coefficient (Wildman–Crippen LogP) is 2.98. The summed E-state index contributed by atoms with van der Waals surface area (Å²) >= 11 is 0. The molecule has 2 heteroatoms. The van der Waals surface area contributed by atoms with Crippen LogP contribution in [0.1, 0.15) is 12.8 Å². The maximum Gasteiger partial charge on any atom is 0.131 e. The summed E-state index contributed by atoms with van der Waals surface area (Å²) in [4.78, 5) is 0. The average Bonchev–Trinajstić information content (AvgIpc) is 2.14. The largest absolute Gasteiger partial charge is 0.494 e. The molecule has 0 aliphatic rings. The fourth-order valence-corrected chi connectivity index (χ4v) is 0.867. The highest BCUT2D eigenvalue weighted by Gasteiger charge is 1.91. The molecule has 0 saturated carbocycles. The Morgan fingerprint density at radius 2 is 2.00 bits per heavy atom. The molecule has 0 N–H and O–H groups in total. The summed E-state index contributed by atoms with van der Waals surface area (Å²) in [5.41, 5.74) is 0. The summed E-state index contributed by atoms with van der Waals surface area (Å²) in [7, 11) is 0. The minimum atomic E-state index is 0.465. The van der Waals surface area contributed by atoms with Gasteiger partial charge in [0.2, 0.25) is 0 Å². The van der Waals surface area contributed by atoms with Gasteiger partial charge in [-0.15, -0.1) is 0 Å². The van der Waals surface area contributed by atoms with E-state index in [-0.39, 0.29) is 0 Å². The van der Waals surface area contributed by atoms with Crippen molar-refractivity contribution < 1.29 is 9.13 Å². The first-order valence-electron chi connectivity index (χ1n) is 4.03.